The lowest BCUT2D eigenvalue weighted by Gasteiger charge is -2.32. The Morgan fingerprint density at radius 3 is 2.56 bits per heavy atom. The zero-order valence-electron chi connectivity index (χ0n) is 20.7. The van der Waals surface area contributed by atoms with Gasteiger partial charge in [-0.3, -0.25) is 19.7 Å². The van der Waals surface area contributed by atoms with E-state index in [1.807, 2.05) is 43.0 Å². The Balaban J connectivity index is 1.69. The van der Waals surface area contributed by atoms with Crippen molar-refractivity contribution in [2.75, 3.05) is 10.2 Å². The van der Waals surface area contributed by atoms with Gasteiger partial charge in [0, 0.05) is 40.6 Å². The Hall–Kier alpha value is -3.20. The first-order valence-corrected chi connectivity index (χ1v) is 13.2. The number of nitrogens with zero attached hydrogens (tertiary/aromatic N) is 3. The molecule has 36 heavy (non-hydrogen) atoms. The maximum Gasteiger partial charge on any atom is 0.258 e. The normalized spacial score (nSPS) is 14.2. The highest BCUT2D eigenvalue weighted by atomic mass is 79.9. The Kier molecular flexibility index (Phi) is 8.08. The number of rotatable bonds is 8. The number of nitrogens with one attached hydrogen (secondary N) is 1. The van der Waals surface area contributed by atoms with Crippen LogP contribution in [0.5, 0.6) is 0 Å². The van der Waals surface area contributed by atoms with E-state index in [0.717, 1.165) is 41.4 Å². The van der Waals surface area contributed by atoms with Crippen molar-refractivity contribution in [3.05, 3.63) is 52.5 Å². The average molecular weight is 554 g/mol. The lowest BCUT2D eigenvalue weighted by Crippen LogP contribution is -2.41. The third-order valence-corrected chi connectivity index (χ3v) is 7.11. The van der Waals surface area contributed by atoms with Crippen molar-refractivity contribution in [2.45, 2.75) is 65.0 Å². The molecule has 1 aliphatic rings. The van der Waals surface area contributed by atoms with Gasteiger partial charge in [-0.15, -0.1) is 0 Å². The zero-order chi connectivity index (χ0) is 25.8. The van der Waals surface area contributed by atoms with Crippen molar-refractivity contribution in [3.63, 3.8) is 0 Å². The number of anilines is 2. The summed E-state index contributed by atoms with van der Waals surface area (Å²) >= 11 is 3.39. The van der Waals surface area contributed by atoms with Crippen molar-refractivity contribution in [3.8, 4) is 0 Å². The number of fused-ring (bicyclic) bond motifs is 1. The molecule has 1 aliphatic carbocycles. The van der Waals surface area contributed by atoms with Crippen LogP contribution in [0.2, 0.25) is 0 Å². The van der Waals surface area contributed by atoms with Crippen molar-refractivity contribution >= 4 is 56.3 Å². The molecule has 2 aromatic carbocycles. The smallest absolute Gasteiger partial charge is 0.258 e. The molecule has 0 spiro atoms. The molecule has 1 heterocycles. The van der Waals surface area contributed by atoms with Crippen LogP contribution in [0.4, 0.5) is 11.6 Å². The summed E-state index contributed by atoms with van der Waals surface area (Å²) in [4.78, 5) is 44.4. The predicted octanol–water partition coefficient (Wildman–Crippen LogP) is 5.25. The molecule has 0 atom stereocenters. The van der Waals surface area contributed by atoms with E-state index in [9.17, 15) is 14.4 Å². The summed E-state index contributed by atoms with van der Waals surface area (Å²) in [5.41, 5.74) is 8.03. The molecule has 1 aromatic heterocycles. The van der Waals surface area contributed by atoms with E-state index in [-0.39, 0.29) is 36.7 Å². The van der Waals surface area contributed by atoms with Crippen LogP contribution < -0.4 is 16.0 Å². The van der Waals surface area contributed by atoms with Crippen LogP contribution in [0.1, 0.15) is 62.7 Å². The Morgan fingerprint density at radius 1 is 1.14 bits per heavy atom. The lowest BCUT2D eigenvalue weighted by molar-refractivity contribution is -0.123. The molecule has 3 aromatic rings. The van der Waals surface area contributed by atoms with Crippen LogP contribution in [0, 0.1) is 5.92 Å². The topological polar surface area (TPSA) is 110 Å². The Morgan fingerprint density at radius 2 is 1.89 bits per heavy atom. The minimum Gasteiger partial charge on any atom is -0.370 e. The van der Waals surface area contributed by atoms with Crippen molar-refractivity contribution < 1.29 is 14.4 Å². The third kappa shape index (κ3) is 5.78. The Bertz CT molecular complexity index is 1280. The highest BCUT2D eigenvalue weighted by Gasteiger charge is 2.29. The fourth-order valence-electron chi connectivity index (χ4n) is 4.84. The molecule has 8 nitrogen and oxygen atoms in total. The number of carbonyl (C=O) groups is 3. The van der Waals surface area contributed by atoms with Crippen LogP contribution in [-0.2, 0) is 16.1 Å². The second-order valence-corrected chi connectivity index (χ2v) is 10.5. The van der Waals surface area contributed by atoms with Gasteiger partial charge >= 0.3 is 0 Å². The van der Waals surface area contributed by atoms with Crippen molar-refractivity contribution in [1.82, 2.24) is 9.55 Å². The van der Waals surface area contributed by atoms with Gasteiger partial charge in [0.15, 0.2) is 0 Å². The third-order valence-electron chi connectivity index (χ3n) is 6.61. The molecule has 0 radical (unpaired) electrons. The molecule has 1 saturated carbocycles. The van der Waals surface area contributed by atoms with Gasteiger partial charge in [-0.25, -0.2) is 4.98 Å². The summed E-state index contributed by atoms with van der Waals surface area (Å²) in [5.74, 6) is -0.237. The van der Waals surface area contributed by atoms with E-state index < -0.39 is 5.91 Å². The number of halogens is 1. The molecule has 0 bridgehead atoms. The lowest BCUT2D eigenvalue weighted by atomic mass is 9.88. The molecule has 4 rings (SSSR count). The molecule has 3 amide bonds. The predicted molar refractivity (Wildman–Crippen MR) is 145 cm³/mol. The molecule has 9 heteroatoms. The highest BCUT2D eigenvalue weighted by Crippen LogP contribution is 2.31. The largest absolute Gasteiger partial charge is 0.370 e. The van der Waals surface area contributed by atoms with Gasteiger partial charge in [0.1, 0.15) is 0 Å². The van der Waals surface area contributed by atoms with E-state index in [1.165, 1.54) is 6.42 Å². The van der Waals surface area contributed by atoms with Crippen molar-refractivity contribution in [2.24, 2.45) is 11.7 Å². The maximum atomic E-state index is 13.4. The number of aryl methyl sites for hydroxylation is 1. The summed E-state index contributed by atoms with van der Waals surface area (Å²) in [6.07, 6.45) is 5.33. The molecular formula is C27H32BrN5O3. The second kappa shape index (κ2) is 11.2. The van der Waals surface area contributed by atoms with Gasteiger partial charge in [-0.2, -0.15) is 0 Å². The average Bonchev–Trinajstić information content (AvgIpc) is 3.19. The van der Waals surface area contributed by atoms with Crippen molar-refractivity contribution in [1.29, 1.82) is 0 Å². The molecule has 1 fully saturated rings. The number of aromatic nitrogens is 2. The summed E-state index contributed by atoms with van der Waals surface area (Å²) < 4.78 is 2.57. The van der Waals surface area contributed by atoms with Crippen LogP contribution in [0.15, 0.2) is 46.9 Å². The first-order valence-electron chi connectivity index (χ1n) is 12.4. The minimum absolute atomic E-state index is 0.00970. The second-order valence-electron chi connectivity index (χ2n) is 9.58. The highest BCUT2D eigenvalue weighted by molar-refractivity contribution is 9.10. The molecule has 0 saturated heterocycles. The van der Waals surface area contributed by atoms with Crippen LogP contribution in [-0.4, -0.2) is 33.3 Å². The van der Waals surface area contributed by atoms with Crippen LogP contribution >= 0.6 is 15.9 Å². The SMILES string of the molecule is CC(C)N(C(=O)C1CCCCC1)c1ccc2c(c1)nc(NC(=O)c1cccc(Br)c1)n2CCC(N)=O. The number of carbonyl (C=O) groups excluding carboxylic acids is 3. The number of hydrogen-bond acceptors (Lipinski definition) is 4. The van der Waals surface area contributed by atoms with Crippen LogP contribution in [0.25, 0.3) is 11.0 Å². The molecule has 0 unspecified atom stereocenters. The summed E-state index contributed by atoms with van der Waals surface area (Å²) in [6.45, 7) is 4.30. The summed E-state index contributed by atoms with van der Waals surface area (Å²) in [6, 6.07) is 12.7. The zero-order valence-corrected chi connectivity index (χ0v) is 22.3. The number of primary amides is 1. The van der Waals surface area contributed by atoms with Gasteiger partial charge in [-0.1, -0.05) is 41.3 Å². The van der Waals surface area contributed by atoms with E-state index in [2.05, 4.69) is 26.2 Å². The first kappa shape index (κ1) is 25.9. The van der Waals surface area contributed by atoms with Gasteiger partial charge in [0.05, 0.1) is 11.0 Å². The van der Waals surface area contributed by atoms with E-state index in [1.54, 1.807) is 22.8 Å². The van der Waals surface area contributed by atoms with E-state index in [0.29, 0.717) is 17.0 Å². The van der Waals surface area contributed by atoms with Crippen LogP contribution in [0.3, 0.4) is 0 Å². The fraction of sp³-hybridized carbons (Fsp3) is 0.407. The van der Waals surface area contributed by atoms with E-state index in [4.69, 9.17) is 5.73 Å². The van der Waals surface area contributed by atoms with E-state index >= 15 is 0 Å². The van der Waals surface area contributed by atoms with Gasteiger partial charge < -0.3 is 15.2 Å². The minimum atomic E-state index is -0.443. The number of imidazole rings is 1. The molecule has 3 N–H and O–H groups in total. The summed E-state index contributed by atoms with van der Waals surface area (Å²) in [5, 5.41) is 2.87. The monoisotopic (exact) mass is 553 g/mol. The molecular weight excluding hydrogens is 522 g/mol. The molecule has 190 valence electrons. The number of benzene rings is 2. The van der Waals surface area contributed by atoms with Gasteiger partial charge in [0.2, 0.25) is 17.8 Å². The van der Waals surface area contributed by atoms with Gasteiger partial charge in [0.25, 0.3) is 5.91 Å². The number of nitrogens with two attached hydrogens (primary N) is 1. The summed E-state index contributed by atoms with van der Waals surface area (Å²) in [7, 11) is 0. The first-order chi connectivity index (χ1) is 17.2. The Labute approximate surface area is 219 Å². The number of hydrogen-bond donors (Lipinski definition) is 2. The maximum absolute atomic E-state index is 13.4. The standard InChI is InChI=1S/C27H32BrN5O3/c1-17(2)33(26(36)18-7-4-3-5-8-18)21-11-12-23-22(16-21)30-27(32(23)14-13-24(29)34)31-25(35)19-9-6-10-20(28)15-19/h6,9-12,15-18H,3-5,7-8,13-14H2,1-2H3,(H2,29,34)(H,30,31,35). The number of amides is 3. The molecule has 0 aliphatic heterocycles. The quantitative estimate of drug-likeness (QED) is 0.396. The fourth-order valence-corrected chi connectivity index (χ4v) is 5.24. The van der Waals surface area contributed by atoms with Gasteiger partial charge in [-0.05, 0) is 63.1 Å².